The first-order valence-electron chi connectivity index (χ1n) is 10.5. The van der Waals surface area contributed by atoms with Crippen molar-refractivity contribution in [3.05, 3.63) is 41.7 Å². The number of benzene rings is 1. The fraction of sp³-hybridized carbons (Fsp3) is 0.476. The lowest BCUT2D eigenvalue weighted by atomic mass is 9.93. The van der Waals surface area contributed by atoms with E-state index in [0.29, 0.717) is 18.0 Å². The third-order valence-electron chi connectivity index (χ3n) is 5.66. The minimum absolute atomic E-state index is 0.0376. The molecule has 1 saturated heterocycles. The minimum atomic E-state index is -1.06. The third-order valence-corrected chi connectivity index (χ3v) is 6.63. The third kappa shape index (κ3) is 4.73. The predicted molar refractivity (Wildman–Crippen MR) is 115 cm³/mol. The number of nitrogens with zero attached hydrogens (tertiary/aromatic N) is 4. The van der Waals surface area contributed by atoms with Gasteiger partial charge >= 0.3 is 6.03 Å². The Bertz CT molecular complexity index is 979. The highest BCUT2D eigenvalue weighted by atomic mass is 32.2. The van der Waals surface area contributed by atoms with E-state index in [1.165, 1.54) is 11.8 Å². The van der Waals surface area contributed by atoms with Gasteiger partial charge < -0.3 is 9.88 Å². The van der Waals surface area contributed by atoms with Crippen molar-refractivity contribution in [2.45, 2.75) is 62.7 Å². The number of thioether (sulfide) groups is 1. The maximum Gasteiger partial charge on any atom is 0.344 e. The molecule has 2 aliphatic rings. The predicted octanol–water partition coefficient (Wildman–Crippen LogP) is 2.07. The van der Waals surface area contributed by atoms with Gasteiger partial charge in [0.1, 0.15) is 11.4 Å². The van der Waals surface area contributed by atoms with Crippen molar-refractivity contribution in [3.63, 3.8) is 0 Å². The van der Waals surface area contributed by atoms with Gasteiger partial charge in [0.05, 0.1) is 5.75 Å². The average molecular weight is 443 g/mol. The molecular formula is C21H26N6O3S. The first-order chi connectivity index (χ1) is 15.0. The summed E-state index contributed by atoms with van der Waals surface area (Å²) in [4.78, 5) is 37.7. The van der Waals surface area contributed by atoms with Crippen LogP contribution in [0.5, 0.6) is 0 Å². The van der Waals surface area contributed by atoms with Crippen LogP contribution in [0.2, 0.25) is 0 Å². The maximum atomic E-state index is 12.9. The monoisotopic (exact) mass is 442 g/mol. The van der Waals surface area contributed by atoms with E-state index < -0.39 is 23.4 Å². The molecule has 4 rings (SSSR count). The van der Waals surface area contributed by atoms with Crippen LogP contribution in [-0.2, 0) is 29.0 Å². The average Bonchev–Trinajstić information content (AvgIpc) is 3.12. The zero-order chi connectivity index (χ0) is 21.8. The molecule has 0 unspecified atom stereocenters. The highest BCUT2D eigenvalue weighted by Gasteiger charge is 2.48. The Labute approximate surface area is 184 Å². The molecule has 2 aromatic rings. The van der Waals surface area contributed by atoms with Gasteiger partial charge in [-0.25, -0.2) is 4.79 Å². The van der Waals surface area contributed by atoms with Crippen LogP contribution in [0.4, 0.5) is 4.79 Å². The summed E-state index contributed by atoms with van der Waals surface area (Å²) in [5, 5.41) is 12.6. The van der Waals surface area contributed by atoms with Gasteiger partial charge in [-0.2, -0.15) is 5.01 Å². The van der Waals surface area contributed by atoms with E-state index in [1.54, 1.807) is 6.92 Å². The molecule has 3 heterocycles. The first kappa shape index (κ1) is 21.4. The number of carbonyl (C=O) groups is 3. The van der Waals surface area contributed by atoms with Crippen LogP contribution in [0.1, 0.15) is 44.0 Å². The number of aryl methyl sites for hydroxylation is 2. The fourth-order valence-electron chi connectivity index (χ4n) is 3.85. The van der Waals surface area contributed by atoms with E-state index in [-0.39, 0.29) is 5.75 Å². The lowest BCUT2D eigenvalue weighted by Crippen LogP contribution is -2.49. The Morgan fingerprint density at radius 2 is 2.00 bits per heavy atom. The number of aromatic nitrogens is 3. The highest BCUT2D eigenvalue weighted by Crippen LogP contribution is 2.24. The second-order valence-electron chi connectivity index (χ2n) is 8.07. The molecule has 164 valence electrons. The van der Waals surface area contributed by atoms with Gasteiger partial charge in [0.25, 0.3) is 5.91 Å². The molecule has 31 heavy (non-hydrogen) atoms. The fourth-order valence-corrected chi connectivity index (χ4v) is 4.62. The molecule has 1 aromatic heterocycles. The van der Waals surface area contributed by atoms with Crippen molar-refractivity contribution >= 4 is 29.6 Å². The smallest absolute Gasteiger partial charge is 0.322 e. The number of fused-ring (bicyclic) bond motifs is 1. The van der Waals surface area contributed by atoms with E-state index in [2.05, 4.69) is 25.5 Å². The van der Waals surface area contributed by atoms with E-state index >= 15 is 0 Å². The lowest BCUT2D eigenvalue weighted by molar-refractivity contribution is -0.138. The summed E-state index contributed by atoms with van der Waals surface area (Å²) >= 11 is 1.26. The highest BCUT2D eigenvalue weighted by molar-refractivity contribution is 7.99. The summed E-state index contributed by atoms with van der Waals surface area (Å²) in [7, 11) is 0. The number of carbonyl (C=O) groups excluding carboxylic acids is 3. The van der Waals surface area contributed by atoms with Crippen LogP contribution in [0.3, 0.4) is 0 Å². The summed E-state index contributed by atoms with van der Waals surface area (Å²) in [6.07, 6.45) is 5.29. The summed E-state index contributed by atoms with van der Waals surface area (Å²) in [6, 6.07) is 9.14. The molecule has 0 saturated carbocycles. The standard InChI is InChI=1S/C21H26N6O3S/c1-21(12-11-15-8-4-2-5-9-15)18(29)27(19(30)22-21)25-17(28)14-31-20-24-23-16-10-6-3-7-13-26(16)20/h2,4-5,8-9H,3,6-7,10-14H2,1H3,(H,22,30)(H,25,28)/t21-/m1/s1. The Hall–Kier alpha value is -2.88. The van der Waals surface area contributed by atoms with Crippen molar-refractivity contribution in [3.8, 4) is 0 Å². The largest absolute Gasteiger partial charge is 0.344 e. The van der Waals surface area contributed by atoms with Crippen molar-refractivity contribution in [2.24, 2.45) is 0 Å². The molecule has 0 radical (unpaired) electrons. The number of amides is 4. The first-order valence-corrected chi connectivity index (χ1v) is 11.5. The Balaban J connectivity index is 1.32. The summed E-state index contributed by atoms with van der Waals surface area (Å²) in [6.45, 7) is 2.53. The Morgan fingerprint density at radius 3 is 2.81 bits per heavy atom. The molecule has 0 bridgehead atoms. The zero-order valence-electron chi connectivity index (χ0n) is 17.5. The van der Waals surface area contributed by atoms with Crippen LogP contribution < -0.4 is 10.7 Å². The summed E-state index contributed by atoms with van der Waals surface area (Å²) in [5.41, 5.74) is 2.46. The van der Waals surface area contributed by atoms with Gasteiger partial charge in [-0.05, 0) is 38.2 Å². The van der Waals surface area contributed by atoms with Gasteiger partial charge in [0.2, 0.25) is 5.91 Å². The molecule has 2 N–H and O–H groups in total. The second-order valence-corrected chi connectivity index (χ2v) is 9.02. The molecule has 1 fully saturated rings. The normalized spacial score (nSPS) is 20.9. The second kappa shape index (κ2) is 9.09. The number of nitrogens with one attached hydrogen (secondary N) is 2. The number of rotatable bonds is 7. The van der Waals surface area contributed by atoms with Gasteiger partial charge in [0, 0.05) is 13.0 Å². The van der Waals surface area contributed by atoms with Crippen LogP contribution in [0, 0.1) is 0 Å². The maximum absolute atomic E-state index is 12.9. The number of hydrazine groups is 1. The lowest BCUT2D eigenvalue weighted by Gasteiger charge is -2.21. The van der Waals surface area contributed by atoms with Gasteiger partial charge in [-0.3, -0.25) is 15.0 Å². The van der Waals surface area contributed by atoms with Crippen molar-refractivity contribution in [1.82, 2.24) is 30.5 Å². The van der Waals surface area contributed by atoms with E-state index in [0.717, 1.165) is 48.6 Å². The SMILES string of the molecule is C[C@]1(CCc2ccccc2)NC(=O)N(NC(=O)CSc2nnc3n2CCCCC3)C1=O. The number of urea groups is 1. The van der Waals surface area contributed by atoms with Crippen molar-refractivity contribution < 1.29 is 14.4 Å². The Kier molecular flexibility index (Phi) is 6.26. The molecule has 9 nitrogen and oxygen atoms in total. The van der Waals surface area contributed by atoms with Crippen LogP contribution in [0.25, 0.3) is 0 Å². The number of hydrogen-bond acceptors (Lipinski definition) is 6. The quantitative estimate of drug-likeness (QED) is 0.502. The molecule has 1 aromatic carbocycles. The minimum Gasteiger partial charge on any atom is -0.322 e. The van der Waals surface area contributed by atoms with Gasteiger partial charge in [-0.1, -0.05) is 48.5 Å². The van der Waals surface area contributed by atoms with E-state index in [9.17, 15) is 14.4 Å². The van der Waals surface area contributed by atoms with Crippen LogP contribution >= 0.6 is 11.8 Å². The molecule has 0 spiro atoms. The number of hydrogen-bond donors (Lipinski definition) is 2. The summed E-state index contributed by atoms with van der Waals surface area (Å²) < 4.78 is 2.05. The molecule has 0 aliphatic carbocycles. The van der Waals surface area contributed by atoms with E-state index in [4.69, 9.17) is 0 Å². The number of imide groups is 1. The Morgan fingerprint density at radius 1 is 1.19 bits per heavy atom. The molecule has 2 aliphatic heterocycles. The summed E-state index contributed by atoms with van der Waals surface area (Å²) in [5.74, 6) is 0.0919. The van der Waals surface area contributed by atoms with Crippen molar-refractivity contribution in [2.75, 3.05) is 5.75 Å². The van der Waals surface area contributed by atoms with Crippen LogP contribution in [-0.4, -0.2) is 48.9 Å². The van der Waals surface area contributed by atoms with Crippen LogP contribution in [0.15, 0.2) is 35.5 Å². The van der Waals surface area contributed by atoms with Gasteiger partial charge in [-0.15, -0.1) is 10.2 Å². The topological polar surface area (TPSA) is 109 Å². The zero-order valence-corrected chi connectivity index (χ0v) is 18.3. The molecule has 1 atom stereocenters. The van der Waals surface area contributed by atoms with E-state index in [1.807, 2.05) is 30.3 Å². The molecular weight excluding hydrogens is 416 g/mol. The van der Waals surface area contributed by atoms with Gasteiger partial charge in [0.15, 0.2) is 5.16 Å². The van der Waals surface area contributed by atoms with Crippen molar-refractivity contribution in [1.29, 1.82) is 0 Å². The molecule has 10 heteroatoms. The molecule has 4 amide bonds.